The molecule has 1 aromatic rings. The molecule has 0 aliphatic carbocycles. The molecule has 1 heterocycles. The van der Waals surface area contributed by atoms with Crippen LogP contribution < -0.4 is 5.43 Å². The summed E-state index contributed by atoms with van der Waals surface area (Å²) in [4.78, 5) is 0. The number of hydrogen-bond donors (Lipinski definition) is 1. The van der Waals surface area contributed by atoms with Crippen LogP contribution >= 0.6 is 0 Å². The van der Waals surface area contributed by atoms with E-state index in [2.05, 4.69) is 47.7 Å². The Morgan fingerprint density at radius 1 is 1.06 bits per heavy atom. The van der Waals surface area contributed by atoms with Crippen LogP contribution in [0.5, 0.6) is 0 Å². The SMILES string of the molecule is CCCCCCCC1NN1Cc1ccccc1. The number of unbranched alkanes of at least 4 members (excludes halogenated alkanes) is 4. The number of nitrogens with zero attached hydrogens (tertiary/aromatic N) is 1. The van der Waals surface area contributed by atoms with E-state index in [4.69, 9.17) is 0 Å². The standard InChI is InChI=1S/C15H24N2/c1-2-3-4-5-9-12-15-16-17(15)13-14-10-7-6-8-11-14/h6-8,10-11,15-16H,2-5,9,12-13H2,1H3. The molecular weight excluding hydrogens is 208 g/mol. The van der Waals surface area contributed by atoms with Crippen molar-refractivity contribution in [3.63, 3.8) is 0 Å². The van der Waals surface area contributed by atoms with Gasteiger partial charge in [-0.3, -0.25) is 0 Å². The molecule has 2 heteroatoms. The largest absolute Gasteiger partial charge is 0.235 e. The first-order valence-corrected chi connectivity index (χ1v) is 6.97. The van der Waals surface area contributed by atoms with Crippen molar-refractivity contribution < 1.29 is 0 Å². The minimum absolute atomic E-state index is 0.636. The monoisotopic (exact) mass is 232 g/mol. The zero-order valence-electron chi connectivity index (χ0n) is 10.9. The molecule has 1 aromatic carbocycles. The summed E-state index contributed by atoms with van der Waals surface area (Å²) >= 11 is 0. The summed E-state index contributed by atoms with van der Waals surface area (Å²) in [5, 5.41) is 2.34. The van der Waals surface area contributed by atoms with Gasteiger partial charge in [-0.2, -0.15) is 0 Å². The number of benzene rings is 1. The molecule has 0 amide bonds. The highest BCUT2D eigenvalue weighted by Crippen LogP contribution is 2.20. The molecule has 0 bridgehead atoms. The van der Waals surface area contributed by atoms with Crippen molar-refractivity contribution in [2.45, 2.75) is 58.2 Å². The van der Waals surface area contributed by atoms with Crippen molar-refractivity contribution in [3.8, 4) is 0 Å². The molecule has 2 rings (SSSR count). The van der Waals surface area contributed by atoms with E-state index in [0.29, 0.717) is 6.17 Å². The Morgan fingerprint density at radius 2 is 1.82 bits per heavy atom. The topological polar surface area (TPSA) is 25.0 Å². The minimum atomic E-state index is 0.636. The van der Waals surface area contributed by atoms with Gasteiger partial charge in [-0.25, -0.2) is 10.4 Å². The Bertz CT molecular complexity index is 310. The summed E-state index contributed by atoms with van der Waals surface area (Å²) in [6.45, 7) is 3.31. The number of hydrogen-bond acceptors (Lipinski definition) is 2. The maximum atomic E-state index is 3.44. The highest BCUT2D eigenvalue weighted by molar-refractivity contribution is 5.15. The minimum Gasteiger partial charge on any atom is -0.235 e. The van der Waals surface area contributed by atoms with E-state index < -0.39 is 0 Å². The molecule has 0 aromatic heterocycles. The van der Waals surface area contributed by atoms with Gasteiger partial charge in [0.1, 0.15) is 0 Å². The Labute approximate surface area is 105 Å². The number of nitrogens with one attached hydrogen (secondary N) is 1. The zero-order chi connectivity index (χ0) is 11.9. The van der Waals surface area contributed by atoms with E-state index in [1.165, 1.54) is 44.1 Å². The molecule has 2 unspecified atom stereocenters. The predicted octanol–water partition coefficient (Wildman–Crippen LogP) is 3.69. The fourth-order valence-corrected chi connectivity index (χ4v) is 2.26. The van der Waals surface area contributed by atoms with Gasteiger partial charge < -0.3 is 0 Å². The molecule has 1 aliphatic heterocycles. The van der Waals surface area contributed by atoms with Crippen LogP contribution in [0.25, 0.3) is 0 Å². The molecule has 2 atom stereocenters. The third-order valence-electron chi connectivity index (χ3n) is 3.40. The second-order valence-electron chi connectivity index (χ2n) is 4.96. The van der Waals surface area contributed by atoms with Crippen molar-refractivity contribution >= 4 is 0 Å². The molecule has 1 aliphatic rings. The Balaban J connectivity index is 1.55. The van der Waals surface area contributed by atoms with Crippen LogP contribution in [0.4, 0.5) is 0 Å². The van der Waals surface area contributed by atoms with Crippen LogP contribution in [-0.4, -0.2) is 11.2 Å². The van der Waals surface area contributed by atoms with E-state index in [9.17, 15) is 0 Å². The Morgan fingerprint density at radius 3 is 2.59 bits per heavy atom. The molecule has 1 fully saturated rings. The average molecular weight is 232 g/mol. The van der Waals surface area contributed by atoms with E-state index in [0.717, 1.165) is 6.54 Å². The summed E-state index contributed by atoms with van der Waals surface area (Å²) < 4.78 is 0. The Kier molecular flexibility index (Phi) is 5.02. The summed E-state index contributed by atoms with van der Waals surface area (Å²) in [7, 11) is 0. The fourth-order valence-electron chi connectivity index (χ4n) is 2.26. The van der Waals surface area contributed by atoms with E-state index >= 15 is 0 Å². The van der Waals surface area contributed by atoms with Crippen LogP contribution in [0.1, 0.15) is 51.0 Å². The zero-order valence-corrected chi connectivity index (χ0v) is 10.9. The van der Waals surface area contributed by atoms with Gasteiger partial charge in [0.05, 0.1) is 6.17 Å². The smallest absolute Gasteiger partial charge is 0.0867 e. The first-order valence-electron chi connectivity index (χ1n) is 6.97. The quantitative estimate of drug-likeness (QED) is 0.546. The van der Waals surface area contributed by atoms with Crippen molar-refractivity contribution in [2.24, 2.45) is 0 Å². The molecule has 2 nitrogen and oxygen atoms in total. The molecule has 0 saturated carbocycles. The van der Waals surface area contributed by atoms with E-state index in [1.807, 2.05) is 0 Å². The lowest BCUT2D eigenvalue weighted by atomic mass is 10.1. The van der Waals surface area contributed by atoms with E-state index in [-0.39, 0.29) is 0 Å². The first kappa shape index (κ1) is 12.6. The van der Waals surface area contributed by atoms with Crippen LogP contribution in [0.15, 0.2) is 30.3 Å². The summed E-state index contributed by atoms with van der Waals surface area (Å²) in [6.07, 6.45) is 8.83. The molecule has 0 spiro atoms. The van der Waals surface area contributed by atoms with Gasteiger partial charge in [-0.1, -0.05) is 69.4 Å². The first-order chi connectivity index (χ1) is 8.40. The van der Waals surface area contributed by atoms with Crippen molar-refractivity contribution in [1.29, 1.82) is 0 Å². The van der Waals surface area contributed by atoms with Gasteiger partial charge in [0, 0.05) is 6.54 Å². The van der Waals surface area contributed by atoms with Crippen LogP contribution in [0.2, 0.25) is 0 Å². The molecular formula is C15H24N2. The lowest BCUT2D eigenvalue weighted by Gasteiger charge is -2.01. The molecule has 1 saturated heterocycles. The lowest BCUT2D eigenvalue weighted by molar-refractivity contribution is 0.455. The number of rotatable bonds is 8. The van der Waals surface area contributed by atoms with Gasteiger partial charge in [0.25, 0.3) is 0 Å². The van der Waals surface area contributed by atoms with Gasteiger partial charge in [0.15, 0.2) is 0 Å². The third-order valence-corrected chi connectivity index (χ3v) is 3.40. The Hall–Kier alpha value is -0.860. The fraction of sp³-hybridized carbons (Fsp3) is 0.600. The second kappa shape index (κ2) is 6.77. The highest BCUT2D eigenvalue weighted by atomic mass is 15.7. The maximum absolute atomic E-state index is 3.44. The number of hydrazine groups is 1. The summed E-state index contributed by atoms with van der Waals surface area (Å²) in [5.74, 6) is 0. The van der Waals surface area contributed by atoms with Gasteiger partial charge in [-0.15, -0.1) is 0 Å². The van der Waals surface area contributed by atoms with Gasteiger partial charge in [0.2, 0.25) is 0 Å². The van der Waals surface area contributed by atoms with Gasteiger partial charge in [-0.05, 0) is 12.0 Å². The molecule has 17 heavy (non-hydrogen) atoms. The summed E-state index contributed by atoms with van der Waals surface area (Å²) in [5.41, 5.74) is 4.84. The molecule has 0 radical (unpaired) electrons. The highest BCUT2D eigenvalue weighted by Gasteiger charge is 2.31. The van der Waals surface area contributed by atoms with Crippen LogP contribution in [0.3, 0.4) is 0 Å². The molecule has 1 N–H and O–H groups in total. The lowest BCUT2D eigenvalue weighted by Crippen LogP contribution is -2.02. The van der Waals surface area contributed by atoms with Crippen molar-refractivity contribution in [2.75, 3.05) is 0 Å². The van der Waals surface area contributed by atoms with Crippen molar-refractivity contribution in [1.82, 2.24) is 10.4 Å². The third kappa shape index (κ3) is 4.49. The van der Waals surface area contributed by atoms with Crippen LogP contribution in [0, 0.1) is 0 Å². The normalized spacial score (nSPS) is 22.6. The van der Waals surface area contributed by atoms with Crippen molar-refractivity contribution in [3.05, 3.63) is 35.9 Å². The maximum Gasteiger partial charge on any atom is 0.0867 e. The second-order valence-corrected chi connectivity index (χ2v) is 4.96. The molecule has 94 valence electrons. The van der Waals surface area contributed by atoms with E-state index in [1.54, 1.807) is 0 Å². The summed E-state index contributed by atoms with van der Waals surface area (Å²) in [6, 6.07) is 10.7. The van der Waals surface area contributed by atoms with Gasteiger partial charge >= 0.3 is 0 Å². The average Bonchev–Trinajstić information content (AvgIpc) is 3.09. The predicted molar refractivity (Wildman–Crippen MR) is 72.3 cm³/mol. The van der Waals surface area contributed by atoms with Crippen LogP contribution in [-0.2, 0) is 6.54 Å².